The molecule has 0 aliphatic carbocycles. The molecule has 0 atom stereocenters. The molecular weight excluding hydrogens is 347 g/mol. The highest BCUT2D eigenvalue weighted by Crippen LogP contribution is 2.39. The van der Waals surface area contributed by atoms with E-state index in [0.29, 0.717) is 5.46 Å². The molecule has 4 N–H and O–H groups in total. The lowest BCUT2D eigenvalue weighted by molar-refractivity contribution is 0.426. The molecule has 0 aliphatic rings. The number of aromatic nitrogens is 2. The fourth-order valence-electron chi connectivity index (χ4n) is 4.05. The highest BCUT2D eigenvalue weighted by Gasteiger charge is 2.23. The summed E-state index contributed by atoms with van der Waals surface area (Å²) in [5, 5.41) is 21.3. The van der Waals surface area contributed by atoms with Gasteiger partial charge in [-0.2, -0.15) is 0 Å². The maximum absolute atomic E-state index is 9.45. The van der Waals surface area contributed by atoms with E-state index in [9.17, 15) is 10.0 Å². The number of para-hydroxylation sites is 2. The summed E-state index contributed by atoms with van der Waals surface area (Å²) >= 11 is 0. The first-order chi connectivity index (χ1) is 13.7. The van der Waals surface area contributed by atoms with Crippen molar-refractivity contribution < 1.29 is 10.0 Å². The summed E-state index contributed by atoms with van der Waals surface area (Å²) in [6, 6.07) is 24.1. The van der Waals surface area contributed by atoms with Crippen LogP contribution < -0.4 is 5.46 Å². The van der Waals surface area contributed by atoms with Crippen LogP contribution in [0.25, 0.3) is 21.8 Å². The second kappa shape index (κ2) is 6.71. The van der Waals surface area contributed by atoms with Gasteiger partial charge in [0.05, 0.1) is 0 Å². The zero-order valence-electron chi connectivity index (χ0n) is 15.1. The Morgan fingerprint density at radius 1 is 0.643 bits per heavy atom. The molecule has 5 rings (SSSR count). The van der Waals surface area contributed by atoms with Crippen LogP contribution >= 0.6 is 0 Å². The van der Waals surface area contributed by atoms with Crippen molar-refractivity contribution in [1.29, 1.82) is 0 Å². The van der Waals surface area contributed by atoms with Crippen LogP contribution in [0.2, 0.25) is 0 Å². The molecule has 0 fully saturated rings. The summed E-state index contributed by atoms with van der Waals surface area (Å²) in [7, 11) is -1.46. The van der Waals surface area contributed by atoms with Crippen molar-refractivity contribution in [3.63, 3.8) is 0 Å². The van der Waals surface area contributed by atoms with Crippen LogP contribution in [0.5, 0.6) is 0 Å². The van der Waals surface area contributed by atoms with Gasteiger partial charge < -0.3 is 20.0 Å². The van der Waals surface area contributed by atoms with E-state index < -0.39 is 7.12 Å². The Morgan fingerprint density at radius 3 is 1.64 bits per heavy atom. The van der Waals surface area contributed by atoms with E-state index in [0.717, 1.165) is 16.6 Å². The Balaban J connectivity index is 1.75. The monoisotopic (exact) mass is 366 g/mol. The van der Waals surface area contributed by atoms with Gasteiger partial charge in [0.1, 0.15) is 0 Å². The first-order valence-electron chi connectivity index (χ1n) is 9.30. The standard InChI is InChI=1S/C23H19BN2O2/c27-24(28)16-11-9-15(10-12-16)23(19-13-25-21-7-3-1-5-17(19)21)20-14-26-22-8-4-2-6-18(20)22/h1-14,23,25-28H. The highest BCUT2D eigenvalue weighted by atomic mass is 16.4. The normalized spacial score (nSPS) is 11.5. The van der Waals surface area contributed by atoms with Crippen molar-refractivity contribution in [3.05, 3.63) is 102 Å². The third kappa shape index (κ3) is 2.73. The van der Waals surface area contributed by atoms with E-state index >= 15 is 0 Å². The van der Waals surface area contributed by atoms with Crippen molar-refractivity contribution in [2.45, 2.75) is 5.92 Å². The smallest absolute Gasteiger partial charge is 0.423 e. The summed E-state index contributed by atoms with van der Waals surface area (Å²) < 4.78 is 0. The fraction of sp³-hybridized carbons (Fsp3) is 0.0435. The molecular formula is C23H19BN2O2. The number of benzene rings is 3. The summed E-state index contributed by atoms with van der Waals surface area (Å²) in [6.45, 7) is 0. The van der Waals surface area contributed by atoms with Crippen molar-refractivity contribution in [1.82, 2.24) is 9.97 Å². The molecule has 0 saturated carbocycles. The number of aromatic amines is 2. The largest absolute Gasteiger partial charge is 0.488 e. The Hall–Kier alpha value is -3.28. The van der Waals surface area contributed by atoms with Crippen molar-refractivity contribution in [3.8, 4) is 0 Å². The van der Waals surface area contributed by atoms with Gasteiger partial charge in [0.25, 0.3) is 0 Å². The Labute approximate surface area is 162 Å². The van der Waals surface area contributed by atoms with E-state index in [1.807, 2.05) is 24.3 Å². The van der Waals surface area contributed by atoms with Gasteiger partial charge in [0, 0.05) is 40.1 Å². The minimum Gasteiger partial charge on any atom is -0.423 e. The summed E-state index contributed by atoms with van der Waals surface area (Å²) in [5.41, 5.74) is 6.17. The molecule has 0 unspecified atom stereocenters. The molecule has 3 aromatic carbocycles. The van der Waals surface area contributed by atoms with E-state index in [2.05, 4.69) is 58.8 Å². The van der Waals surface area contributed by atoms with Crippen LogP contribution in [-0.2, 0) is 0 Å². The minimum absolute atomic E-state index is 0.0113. The van der Waals surface area contributed by atoms with Gasteiger partial charge in [0.2, 0.25) is 0 Å². The molecule has 136 valence electrons. The van der Waals surface area contributed by atoms with Gasteiger partial charge in [-0.3, -0.25) is 0 Å². The van der Waals surface area contributed by atoms with Gasteiger partial charge in [-0.05, 0) is 34.3 Å². The second-order valence-electron chi connectivity index (χ2n) is 7.05. The van der Waals surface area contributed by atoms with Crippen molar-refractivity contribution in [2.24, 2.45) is 0 Å². The molecule has 0 radical (unpaired) electrons. The minimum atomic E-state index is -1.46. The molecule has 5 aromatic rings. The topological polar surface area (TPSA) is 72.0 Å². The van der Waals surface area contributed by atoms with Crippen LogP contribution in [0.4, 0.5) is 0 Å². The van der Waals surface area contributed by atoms with Crippen LogP contribution in [-0.4, -0.2) is 27.1 Å². The Morgan fingerprint density at radius 2 is 1.14 bits per heavy atom. The van der Waals surface area contributed by atoms with Crippen molar-refractivity contribution in [2.75, 3.05) is 0 Å². The molecule has 0 spiro atoms. The fourth-order valence-corrected chi connectivity index (χ4v) is 4.05. The number of fused-ring (bicyclic) bond motifs is 2. The molecule has 0 aliphatic heterocycles. The summed E-state index contributed by atoms with van der Waals surface area (Å²) in [6.07, 6.45) is 4.15. The maximum atomic E-state index is 9.45. The molecule has 2 heterocycles. The van der Waals surface area contributed by atoms with E-state index in [4.69, 9.17) is 0 Å². The van der Waals surface area contributed by atoms with E-state index in [-0.39, 0.29) is 5.92 Å². The van der Waals surface area contributed by atoms with Crippen LogP contribution in [0, 0.1) is 0 Å². The van der Waals surface area contributed by atoms with Gasteiger partial charge in [-0.1, -0.05) is 60.7 Å². The summed E-state index contributed by atoms with van der Waals surface area (Å²) in [5.74, 6) is 0.0113. The molecule has 0 amide bonds. The Bertz CT molecular complexity index is 1180. The third-order valence-electron chi connectivity index (χ3n) is 5.43. The Kier molecular flexibility index (Phi) is 4.04. The van der Waals surface area contributed by atoms with Crippen LogP contribution in [0.3, 0.4) is 0 Å². The zero-order chi connectivity index (χ0) is 19.1. The second-order valence-corrected chi connectivity index (χ2v) is 7.05. The maximum Gasteiger partial charge on any atom is 0.488 e. The zero-order valence-corrected chi connectivity index (χ0v) is 15.1. The lowest BCUT2D eigenvalue weighted by Crippen LogP contribution is -2.29. The van der Waals surface area contributed by atoms with Crippen molar-refractivity contribution >= 4 is 34.4 Å². The SMILES string of the molecule is OB(O)c1ccc(C(c2c[nH]c3ccccc23)c2c[nH]c3ccccc23)cc1. The average molecular weight is 366 g/mol. The third-order valence-corrected chi connectivity index (χ3v) is 5.43. The van der Waals surface area contributed by atoms with E-state index in [1.54, 1.807) is 12.1 Å². The molecule has 0 saturated heterocycles. The first kappa shape index (κ1) is 16.9. The quantitative estimate of drug-likeness (QED) is 0.368. The predicted molar refractivity (Wildman–Crippen MR) is 114 cm³/mol. The molecule has 4 nitrogen and oxygen atoms in total. The number of hydrogen-bond acceptors (Lipinski definition) is 2. The lowest BCUT2D eigenvalue weighted by Gasteiger charge is -2.18. The highest BCUT2D eigenvalue weighted by molar-refractivity contribution is 6.58. The molecule has 2 aromatic heterocycles. The number of hydrogen-bond donors (Lipinski definition) is 4. The van der Waals surface area contributed by atoms with Crippen LogP contribution in [0.15, 0.2) is 85.2 Å². The number of rotatable bonds is 4. The lowest BCUT2D eigenvalue weighted by atomic mass is 9.78. The van der Waals surface area contributed by atoms with Gasteiger partial charge >= 0.3 is 7.12 Å². The van der Waals surface area contributed by atoms with Crippen LogP contribution in [0.1, 0.15) is 22.6 Å². The first-order valence-corrected chi connectivity index (χ1v) is 9.30. The van der Waals surface area contributed by atoms with Gasteiger partial charge in [-0.25, -0.2) is 0 Å². The average Bonchev–Trinajstić information content (AvgIpc) is 3.34. The molecule has 28 heavy (non-hydrogen) atoms. The predicted octanol–water partition coefficient (Wildman–Crippen LogP) is 3.51. The van der Waals surface area contributed by atoms with E-state index in [1.165, 1.54) is 21.9 Å². The molecule has 5 heteroatoms. The number of nitrogens with one attached hydrogen (secondary N) is 2. The van der Waals surface area contributed by atoms with Gasteiger partial charge in [0.15, 0.2) is 0 Å². The number of H-pyrrole nitrogens is 2. The summed E-state index contributed by atoms with van der Waals surface area (Å²) in [4.78, 5) is 6.78. The molecule has 0 bridgehead atoms. The van der Waals surface area contributed by atoms with Gasteiger partial charge in [-0.15, -0.1) is 0 Å².